The number of carbonyl (C=O) groups excluding carboxylic acids is 1. The smallest absolute Gasteiger partial charge is 0.234 e. The number of nitrogens with zero attached hydrogens (tertiary/aromatic N) is 1. The van der Waals surface area contributed by atoms with Gasteiger partial charge in [0.15, 0.2) is 0 Å². The molecule has 2 unspecified atom stereocenters. The number of likely N-dealkylation sites (tertiary alicyclic amines) is 1. The minimum Gasteiger partial charge on any atom is -0.497 e. The lowest BCUT2D eigenvalue weighted by Gasteiger charge is -2.37. The second-order valence-electron chi connectivity index (χ2n) is 7.80. The van der Waals surface area contributed by atoms with Crippen molar-refractivity contribution in [2.24, 2.45) is 0 Å². The van der Waals surface area contributed by atoms with Crippen LogP contribution in [0.1, 0.15) is 46.1 Å². The lowest BCUT2D eigenvalue weighted by Crippen LogP contribution is -2.51. The zero-order chi connectivity index (χ0) is 18.0. The first-order chi connectivity index (χ1) is 11.1. The van der Waals surface area contributed by atoms with Crippen molar-refractivity contribution in [1.82, 2.24) is 10.2 Å². The Kier molecular flexibility index (Phi) is 5.56. The third kappa shape index (κ3) is 4.48. The van der Waals surface area contributed by atoms with Crippen LogP contribution in [0.5, 0.6) is 5.75 Å². The second-order valence-corrected chi connectivity index (χ2v) is 7.80. The molecule has 2 rings (SSSR count). The highest BCUT2D eigenvalue weighted by molar-refractivity contribution is 5.78. The highest BCUT2D eigenvalue weighted by Crippen LogP contribution is 2.35. The van der Waals surface area contributed by atoms with E-state index in [1.807, 2.05) is 52.0 Å². The summed E-state index contributed by atoms with van der Waals surface area (Å²) in [4.78, 5) is 14.3. The van der Waals surface area contributed by atoms with Crippen LogP contribution in [-0.4, -0.2) is 47.7 Å². The number of rotatable bonds is 5. The van der Waals surface area contributed by atoms with Crippen molar-refractivity contribution in [2.45, 2.75) is 57.7 Å². The standard InChI is InChI=1S/C19H30N2O3/c1-18(2,3)20-17(22)13-21-12-6-7-16(21)19(4,23)14-8-10-15(24-5)11-9-14/h8-11,16,23H,6-7,12-13H2,1-5H3,(H,20,22). The minimum atomic E-state index is -1.01. The summed E-state index contributed by atoms with van der Waals surface area (Å²) >= 11 is 0. The molecule has 0 saturated carbocycles. The van der Waals surface area contributed by atoms with E-state index in [0.717, 1.165) is 30.7 Å². The number of nitrogens with one attached hydrogen (secondary N) is 1. The molecule has 0 aromatic heterocycles. The Morgan fingerprint density at radius 1 is 1.29 bits per heavy atom. The summed E-state index contributed by atoms with van der Waals surface area (Å²) in [7, 11) is 1.62. The van der Waals surface area contributed by atoms with Crippen LogP contribution in [0.4, 0.5) is 0 Å². The van der Waals surface area contributed by atoms with E-state index in [-0.39, 0.29) is 17.5 Å². The summed E-state index contributed by atoms with van der Waals surface area (Å²) < 4.78 is 5.18. The number of amides is 1. The molecule has 0 spiro atoms. The van der Waals surface area contributed by atoms with Gasteiger partial charge in [-0.2, -0.15) is 0 Å². The highest BCUT2D eigenvalue weighted by Gasteiger charge is 2.41. The molecule has 1 heterocycles. The topological polar surface area (TPSA) is 61.8 Å². The molecule has 1 aliphatic heterocycles. The largest absolute Gasteiger partial charge is 0.497 e. The summed E-state index contributed by atoms with van der Waals surface area (Å²) in [5.74, 6) is 0.766. The average Bonchev–Trinajstić information content (AvgIpc) is 2.94. The number of hydrogen-bond acceptors (Lipinski definition) is 4. The van der Waals surface area contributed by atoms with Crippen molar-refractivity contribution in [3.8, 4) is 5.75 Å². The van der Waals surface area contributed by atoms with Crippen LogP contribution in [0.3, 0.4) is 0 Å². The second kappa shape index (κ2) is 7.11. The van der Waals surface area contributed by atoms with E-state index >= 15 is 0 Å². The molecule has 2 atom stereocenters. The average molecular weight is 334 g/mol. The molecule has 0 aliphatic carbocycles. The number of ether oxygens (including phenoxy) is 1. The van der Waals surface area contributed by atoms with E-state index in [4.69, 9.17) is 4.74 Å². The number of methoxy groups -OCH3 is 1. The van der Waals surface area contributed by atoms with Crippen molar-refractivity contribution < 1.29 is 14.6 Å². The summed E-state index contributed by atoms with van der Waals surface area (Å²) in [6, 6.07) is 7.43. The molecule has 1 aromatic carbocycles. The van der Waals surface area contributed by atoms with Crippen molar-refractivity contribution >= 4 is 5.91 Å². The van der Waals surface area contributed by atoms with Gasteiger partial charge in [0.1, 0.15) is 11.4 Å². The predicted octanol–water partition coefficient (Wildman–Crippen LogP) is 2.28. The van der Waals surface area contributed by atoms with E-state index in [0.29, 0.717) is 6.54 Å². The number of carbonyl (C=O) groups is 1. The van der Waals surface area contributed by atoms with E-state index in [1.165, 1.54) is 0 Å². The summed E-state index contributed by atoms with van der Waals surface area (Å²) in [6.45, 7) is 8.89. The molecule has 1 aromatic rings. The van der Waals surface area contributed by atoms with Gasteiger partial charge in [0.25, 0.3) is 0 Å². The number of hydrogen-bond donors (Lipinski definition) is 2. The molecule has 134 valence electrons. The van der Waals surface area contributed by atoms with Gasteiger partial charge >= 0.3 is 0 Å². The Labute approximate surface area is 145 Å². The van der Waals surface area contributed by atoms with Gasteiger partial charge in [-0.3, -0.25) is 9.69 Å². The Balaban J connectivity index is 2.11. The number of aliphatic hydroxyl groups is 1. The third-order valence-corrected chi connectivity index (χ3v) is 4.55. The first kappa shape index (κ1) is 18.7. The van der Waals surface area contributed by atoms with E-state index in [2.05, 4.69) is 10.2 Å². The summed E-state index contributed by atoms with van der Waals surface area (Å²) in [5, 5.41) is 14.1. The highest BCUT2D eigenvalue weighted by atomic mass is 16.5. The van der Waals surface area contributed by atoms with E-state index in [9.17, 15) is 9.90 Å². The molecule has 2 N–H and O–H groups in total. The molecule has 1 aliphatic rings. The van der Waals surface area contributed by atoms with E-state index in [1.54, 1.807) is 7.11 Å². The van der Waals surface area contributed by atoms with Crippen molar-refractivity contribution in [3.05, 3.63) is 29.8 Å². The minimum absolute atomic E-state index is 0.0000640. The normalized spacial score (nSPS) is 21.3. The molecule has 0 bridgehead atoms. The first-order valence-corrected chi connectivity index (χ1v) is 8.55. The predicted molar refractivity (Wildman–Crippen MR) is 95.1 cm³/mol. The molecule has 24 heavy (non-hydrogen) atoms. The Morgan fingerprint density at radius 3 is 2.46 bits per heavy atom. The molecular weight excluding hydrogens is 304 g/mol. The van der Waals surface area contributed by atoms with Gasteiger partial charge in [-0.25, -0.2) is 0 Å². The molecule has 1 fully saturated rings. The van der Waals surface area contributed by atoms with Gasteiger partial charge in [0.05, 0.1) is 13.7 Å². The van der Waals surface area contributed by atoms with Crippen LogP contribution in [0.15, 0.2) is 24.3 Å². The van der Waals surface area contributed by atoms with Crippen LogP contribution >= 0.6 is 0 Å². The first-order valence-electron chi connectivity index (χ1n) is 8.55. The van der Waals surface area contributed by atoms with Gasteiger partial charge in [0.2, 0.25) is 5.91 Å². The molecule has 0 radical (unpaired) electrons. The maximum atomic E-state index is 12.3. The van der Waals surface area contributed by atoms with Gasteiger partial charge in [-0.15, -0.1) is 0 Å². The lowest BCUT2D eigenvalue weighted by atomic mass is 9.86. The molecule has 5 nitrogen and oxygen atoms in total. The molecule has 1 amide bonds. The fourth-order valence-electron chi connectivity index (χ4n) is 3.42. The monoisotopic (exact) mass is 334 g/mol. The molecule has 1 saturated heterocycles. The Hall–Kier alpha value is -1.59. The quantitative estimate of drug-likeness (QED) is 0.867. The van der Waals surface area contributed by atoms with Gasteiger partial charge in [-0.05, 0) is 64.8 Å². The third-order valence-electron chi connectivity index (χ3n) is 4.55. The molecule has 5 heteroatoms. The Bertz CT molecular complexity index is 561. The zero-order valence-corrected chi connectivity index (χ0v) is 15.4. The van der Waals surface area contributed by atoms with E-state index < -0.39 is 5.60 Å². The zero-order valence-electron chi connectivity index (χ0n) is 15.4. The SMILES string of the molecule is COc1ccc(C(C)(O)C2CCCN2CC(=O)NC(C)(C)C)cc1. The van der Waals surface area contributed by atoms with Gasteiger partial charge < -0.3 is 15.2 Å². The van der Waals surface area contributed by atoms with Crippen LogP contribution < -0.4 is 10.1 Å². The fourth-order valence-corrected chi connectivity index (χ4v) is 3.42. The lowest BCUT2D eigenvalue weighted by molar-refractivity contribution is -0.125. The maximum absolute atomic E-state index is 12.3. The van der Waals surface area contributed by atoms with Crippen LogP contribution in [-0.2, 0) is 10.4 Å². The number of benzene rings is 1. The summed E-state index contributed by atoms with van der Waals surface area (Å²) in [5.41, 5.74) is -0.410. The van der Waals surface area contributed by atoms with Crippen molar-refractivity contribution in [3.63, 3.8) is 0 Å². The molecular formula is C19H30N2O3. The van der Waals surface area contributed by atoms with Crippen LogP contribution in [0.25, 0.3) is 0 Å². The summed E-state index contributed by atoms with van der Waals surface area (Å²) in [6.07, 6.45) is 1.86. The van der Waals surface area contributed by atoms with Crippen LogP contribution in [0.2, 0.25) is 0 Å². The van der Waals surface area contributed by atoms with Crippen molar-refractivity contribution in [2.75, 3.05) is 20.2 Å². The maximum Gasteiger partial charge on any atom is 0.234 e. The van der Waals surface area contributed by atoms with Crippen molar-refractivity contribution in [1.29, 1.82) is 0 Å². The van der Waals surface area contributed by atoms with Crippen LogP contribution in [0, 0.1) is 0 Å². The fraction of sp³-hybridized carbons (Fsp3) is 0.632. The van der Waals surface area contributed by atoms with Gasteiger partial charge in [0, 0.05) is 11.6 Å². The van der Waals surface area contributed by atoms with Gasteiger partial charge in [-0.1, -0.05) is 12.1 Å². The Morgan fingerprint density at radius 2 is 1.92 bits per heavy atom.